The third-order valence-corrected chi connectivity index (χ3v) is 7.45. The van der Waals surface area contributed by atoms with Gasteiger partial charge in [0.1, 0.15) is 24.1 Å². The Bertz CT molecular complexity index is 953. The lowest BCUT2D eigenvalue weighted by molar-refractivity contribution is -0.152. The van der Waals surface area contributed by atoms with E-state index in [1.165, 1.54) is 7.11 Å². The van der Waals surface area contributed by atoms with Gasteiger partial charge in [-0.15, -0.1) is 0 Å². The highest BCUT2D eigenvalue weighted by Gasteiger charge is 2.38. The maximum Gasteiger partial charge on any atom is 0.308 e. The van der Waals surface area contributed by atoms with Crippen molar-refractivity contribution in [2.45, 2.75) is 85.2 Å². The lowest BCUT2D eigenvalue weighted by Crippen LogP contribution is -2.59. The number of ether oxygens (including phenoxy) is 4. The molecule has 0 spiro atoms. The van der Waals surface area contributed by atoms with Gasteiger partial charge in [0.05, 0.1) is 38.8 Å². The van der Waals surface area contributed by atoms with Crippen molar-refractivity contribution < 1.29 is 33.3 Å². The Morgan fingerprint density at radius 2 is 1.57 bits per heavy atom. The summed E-state index contributed by atoms with van der Waals surface area (Å²) in [6.45, 7) is 11.8. The van der Waals surface area contributed by atoms with Crippen LogP contribution in [-0.2, 0) is 30.5 Å². The highest BCUT2D eigenvalue weighted by atomic mass is 16.5. The summed E-state index contributed by atoms with van der Waals surface area (Å²) in [7, 11) is 8.07. The first kappa shape index (κ1) is 35.2. The average Bonchev–Trinajstić information content (AvgIpc) is 2.93. The van der Waals surface area contributed by atoms with E-state index in [1.807, 2.05) is 41.5 Å². The highest BCUT2D eigenvalue weighted by Crippen LogP contribution is 2.26. The number of hydrogen-bond acceptors (Lipinski definition) is 8. The Morgan fingerprint density at radius 3 is 2.05 bits per heavy atom. The first-order chi connectivity index (χ1) is 18.9. The van der Waals surface area contributed by atoms with Gasteiger partial charge in [0, 0.05) is 25.8 Å². The molecule has 0 aliphatic carbocycles. The number of amides is 2. The second-order valence-electron chi connectivity index (χ2n) is 10.9. The van der Waals surface area contributed by atoms with Gasteiger partial charge < -0.3 is 34.5 Å². The number of benzene rings is 1. The summed E-state index contributed by atoms with van der Waals surface area (Å²) in [6, 6.07) is 3.71. The zero-order valence-corrected chi connectivity index (χ0v) is 26.2. The molecule has 10 heteroatoms. The minimum absolute atomic E-state index is 0.0117. The number of hydrogen-bond donors (Lipinski definition) is 2. The van der Waals surface area contributed by atoms with Crippen molar-refractivity contribution in [1.29, 1.82) is 0 Å². The molecule has 2 N–H and O–H groups in total. The van der Waals surface area contributed by atoms with Crippen LogP contribution in [0, 0.1) is 17.8 Å². The van der Waals surface area contributed by atoms with Crippen LogP contribution in [0.2, 0.25) is 0 Å². The van der Waals surface area contributed by atoms with Crippen LogP contribution in [-0.4, -0.2) is 82.3 Å². The maximum atomic E-state index is 13.8. The number of rotatable bonds is 17. The molecule has 5 atom stereocenters. The molecule has 10 nitrogen and oxygen atoms in total. The Hall–Kier alpha value is -2.85. The molecule has 0 saturated heterocycles. The fraction of sp³-hybridized carbons (Fsp3) is 0.700. The smallest absolute Gasteiger partial charge is 0.308 e. The highest BCUT2D eigenvalue weighted by molar-refractivity contribution is 5.90. The molecular formula is C30H51N3O7. The van der Waals surface area contributed by atoms with Crippen LogP contribution < -0.4 is 20.1 Å². The van der Waals surface area contributed by atoms with Gasteiger partial charge in [-0.05, 0) is 36.9 Å². The van der Waals surface area contributed by atoms with Crippen LogP contribution in [0.3, 0.4) is 0 Å². The van der Waals surface area contributed by atoms with Gasteiger partial charge in [0.15, 0.2) is 0 Å². The summed E-state index contributed by atoms with van der Waals surface area (Å²) >= 11 is 0. The van der Waals surface area contributed by atoms with E-state index in [2.05, 4.69) is 10.6 Å². The van der Waals surface area contributed by atoms with E-state index in [1.54, 1.807) is 51.4 Å². The second-order valence-corrected chi connectivity index (χ2v) is 10.9. The lowest BCUT2D eigenvalue weighted by atomic mass is 9.90. The molecule has 228 valence electrons. The average molecular weight is 566 g/mol. The molecule has 2 amide bonds. The standard InChI is InChI=1S/C30H51N3O7/c1-12-20(6)28(33(8)30(36)27(19(4)5)32-29(35)26(31-7)18(2)3)24(39-11)16-25(34)40-17-21-13-14-22(37-9)15-23(21)38-10/h13-15,18-20,24,26-28,31H,12,16-17H2,1-11H3,(H,32,35)/t20-,24+,26-,27-,28-/m0/s1. The Kier molecular flexibility index (Phi) is 15.0. The Morgan fingerprint density at radius 1 is 0.950 bits per heavy atom. The summed E-state index contributed by atoms with van der Waals surface area (Å²) in [4.78, 5) is 41.3. The molecule has 1 aromatic carbocycles. The molecule has 0 unspecified atom stereocenters. The third kappa shape index (κ3) is 9.66. The Balaban J connectivity index is 3.09. The van der Waals surface area contributed by atoms with Gasteiger partial charge in [0.2, 0.25) is 11.8 Å². The zero-order valence-electron chi connectivity index (χ0n) is 26.2. The van der Waals surface area contributed by atoms with Gasteiger partial charge in [0.25, 0.3) is 0 Å². The van der Waals surface area contributed by atoms with E-state index in [0.717, 1.165) is 6.42 Å². The molecule has 0 radical (unpaired) electrons. The van der Waals surface area contributed by atoms with E-state index >= 15 is 0 Å². The van der Waals surface area contributed by atoms with Gasteiger partial charge in [-0.1, -0.05) is 48.0 Å². The monoisotopic (exact) mass is 565 g/mol. The number of nitrogens with zero attached hydrogens (tertiary/aromatic N) is 1. The molecule has 40 heavy (non-hydrogen) atoms. The molecule has 0 bridgehead atoms. The molecule has 0 saturated carbocycles. The summed E-state index contributed by atoms with van der Waals surface area (Å²) in [5.41, 5.74) is 0.702. The van der Waals surface area contributed by atoms with Crippen LogP contribution in [0.5, 0.6) is 11.5 Å². The molecule has 0 heterocycles. The van der Waals surface area contributed by atoms with Crippen LogP contribution >= 0.6 is 0 Å². The summed E-state index contributed by atoms with van der Waals surface area (Å²) in [5, 5.41) is 5.98. The molecule has 0 fully saturated rings. The quantitative estimate of drug-likeness (QED) is 0.276. The zero-order chi connectivity index (χ0) is 30.6. The second kappa shape index (κ2) is 17.1. The minimum Gasteiger partial charge on any atom is -0.497 e. The first-order valence-electron chi connectivity index (χ1n) is 14.0. The van der Waals surface area contributed by atoms with E-state index in [-0.39, 0.29) is 42.6 Å². The summed E-state index contributed by atoms with van der Waals surface area (Å²) < 4.78 is 22.0. The molecule has 1 rings (SSSR count). The van der Waals surface area contributed by atoms with E-state index in [0.29, 0.717) is 17.1 Å². The summed E-state index contributed by atoms with van der Waals surface area (Å²) in [6.07, 6.45) is 0.0993. The molecule has 0 aliphatic heterocycles. The van der Waals surface area contributed by atoms with Crippen molar-refractivity contribution in [3.8, 4) is 11.5 Å². The number of methoxy groups -OCH3 is 3. The molecular weight excluding hydrogens is 514 g/mol. The van der Waals surface area contributed by atoms with E-state index in [4.69, 9.17) is 18.9 Å². The fourth-order valence-electron chi connectivity index (χ4n) is 4.83. The number of likely N-dealkylation sites (N-methyl/N-ethyl adjacent to an activating group) is 2. The largest absolute Gasteiger partial charge is 0.497 e. The fourth-order valence-corrected chi connectivity index (χ4v) is 4.83. The lowest BCUT2D eigenvalue weighted by Gasteiger charge is -2.40. The first-order valence-corrected chi connectivity index (χ1v) is 14.0. The van der Waals surface area contributed by atoms with Crippen molar-refractivity contribution in [2.75, 3.05) is 35.4 Å². The Labute approximate surface area is 240 Å². The number of carbonyl (C=O) groups excluding carboxylic acids is 3. The topological polar surface area (TPSA) is 115 Å². The predicted molar refractivity (Wildman–Crippen MR) is 155 cm³/mol. The normalized spacial score (nSPS) is 15.1. The number of esters is 1. The van der Waals surface area contributed by atoms with Crippen molar-refractivity contribution >= 4 is 17.8 Å². The minimum atomic E-state index is -0.731. The van der Waals surface area contributed by atoms with Crippen LogP contribution in [0.15, 0.2) is 18.2 Å². The summed E-state index contributed by atoms with van der Waals surface area (Å²) in [5.74, 6) is 0.199. The van der Waals surface area contributed by atoms with Gasteiger partial charge in [-0.25, -0.2) is 0 Å². The van der Waals surface area contributed by atoms with E-state index in [9.17, 15) is 14.4 Å². The van der Waals surface area contributed by atoms with Crippen molar-refractivity contribution in [2.24, 2.45) is 17.8 Å². The van der Waals surface area contributed by atoms with Gasteiger partial charge in [-0.3, -0.25) is 14.4 Å². The van der Waals surface area contributed by atoms with E-state index < -0.39 is 30.2 Å². The van der Waals surface area contributed by atoms with Crippen LogP contribution in [0.25, 0.3) is 0 Å². The van der Waals surface area contributed by atoms with Gasteiger partial charge >= 0.3 is 5.97 Å². The maximum absolute atomic E-state index is 13.8. The van der Waals surface area contributed by atoms with Crippen LogP contribution in [0.1, 0.15) is 59.9 Å². The SMILES string of the molecule is CC[C@H](C)[C@@H]([C@@H](CC(=O)OCc1ccc(OC)cc1OC)OC)N(C)C(=O)[C@@H](NC(=O)[C@@H](NC)C(C)C)C(C)C. The van der Waals surface area contributed by atoms with Crippen LogP contribution in [0.4, 0.5) is 0 Å². The van der Waals surface area contributed by atoms with Crippen molar-refractivity contribution in [3.05, 3.63) is 23.8 Å². The molecule has 0 aromatic heterocycles. The van der Waals surface area contributed by atoms with Crippen molar-refractivity contribution in [1.82, 2.24) is 15.5 Å². The predicted octanol–water partition coefficient (Wildman–Crippen LogP) is 3.41. The number of carbonyl (C=O) groups is 3. The third-order valence-electron chi connectivity index (χ3n) is 7.45. The van der Waals surface area contributed by atoms with Gasteiger partial charge in [-0.2, -0.15) is 0 Å². The molecule has 1 aromatic rings. The van der Waals surface area contributed by atoms with Crippen molar-refractivity contribution in [3.63, 3.8) is 0 Å². The molecule has 0 aliphatic rings. The number of nitrogens with one attached hydrogen (secondary N) is 2.